The molecule has 2 aromatic carbocycles. The Bertz CT molecular complexity index is 963. The molecule has 4 rings (SSSR count). The Morgan fingerprint density at radius 1 is 1.19 bits per heavy atom. The van der Waals surface area contributed by atoms with Crippen LogP contribution >= 0.6 is 11.6 Å². The Hall–Kier alpha value is -2.33. The summed E-state index contributed by atoms with van der Waals surface area (Å²) in [6, 6.07) is 15.6. The Labute approximate surface area is 158 Å². The summed E-state index contributed by atoms with van der Waals surface area (Å²) in [5, 5.41) is 0.584. The van der Waals surface area contributed by atoms with Gasteiger partial charge in [0.05, 0.1) is 17.1 Å². The van der Waals surface area contributed by atoms with Crippen molar-refractivity contribution in [2.45, 2.75) is 38.8 Å². The molecule has 3 aromatic rings. The molecule has 0 radical (unpaired) electrons. The zero-order chi connectivity index (χ0) is 18.3. The standard InChI is InChI=1S/C21H22ClN3O/c1-14(2)25-18-10-4-3-9-17(18)23-20(25)19-11-6-12-24(19)21(26)15-7-5-8-16(22)13-15/h3-5,7-10,13-14,19H,6,11-12H2,1-2H3/t19-/m1/s1. The highest BCUT2D eigenvalue weighted by Crippen LogP contribution is 2.36. The molecule has 0 aliphatic carbocycles. The van der Waals surface area contributed by atoms with Crippen LogP contribution in [0.25, 0.3) is 11.0 Å². The Morgan fingerprint density at radius 3 is 2.77 bits per heavy atom. The van der Waals surface area contributed by atoms with Gasteiger partial charge in [0.25, 0.3) is 5.91 Å². The molecule has 5 heteroatoms. The molecular weight excluding hydrogens is 346 g/mol. The van der Waals surface area contributed by atoms with Gasteiger partial charge in [0.15, 0.2) is 0 Å². The van der Waals surface area contributed by atoms with Gasteiger partial charge >= 0.3 is 0 Å². The van der Waals surface area contributed by atoms with Crippen molar-refractivity contribution in [1.82, 2.24) is 14.5 Å². The SMILES string of the molecule is CC(C)n1c([C@H]2CCCN2C(=O)c2cccc(Cl)c2)nc2ccccc21. The summed E-state index contributed by atoms with van der Waals surface area (Å²) in [5.74, 6) is 1.01. The lowest BCUT2D eigenvalue weighted by molar-refractivity contribution is 0.0727. The van der Waals surface area contributed by atoms with Crippen LogP contribution in [0.3, 0.4) is 0 Å². The van der Waals surface area contributed by atoms with Gasteiger partial charge in [-0.1, -0.05) is 29.8 Å². The van der Waals surface area contributed by atoms with Gasteiger partial charge in [0, 0.05) is 23.2 Å². The molecule has 0 spiro atoms. The van der Waals surface area contributed by atoms with Crippen LogP contribution in [0.1, 0.15) is 55.0 Å². The number of hydrogen-bond acceptors (Lipinski definition) is 2. The van der Waals surface area contributed by atoms with Gasteiger partial charge in [0.1, 0.15) is 5.82 Å². The van der Waals surface area contributed by atoms with Crippen molar-refractivity contribution in [3.63, 3.8) is 0 Å². The lowest BCUT2D eigenvalue weighted by Gasteiger charge is -2.26. The number of imidazole rings is 1. The van der Waals surface area contributed by atoms with Crippen molar-refractivity contribution in [2.75, 3.05) is 6.54 Å². The highest BCUT2D eigenvalue weighted by molar-refractivity contribution is 6.30. The topological polar surface area (TPSA) is 38.1 Å². The summed E-state index contributed by atoms with van der Waals surface area (Å²) in [5.41, 5.74) is 2.74. The van der Waals surface area contributed by atoms with Crippen molar-refractivity contribution in [3.05, 3.63) is 64.9 Å². The number of hydrogen-bond donors (Lipinski definition) is 0. The van der Waals surface area contributed by atoms with Crippen molar-refractivity contribution in [3.8, 4) is 0 Å². The fourth-order valence-corrected chi connectivity index (χ4v) is 4.10. The first kappa shape index (κ1) is 17.1. The van der Waals surface area contributed by atoms with E-state index in [1.165, 1.54) is 0 Å². The van der Waals surface area contributed by atoms with E-state index in [1.54, 1.807) is 12.1 Å². The fraction of sp³-hybridized carbons (Fsp3) is 0.333. The minimum atomic E-state index is -0.00344. The first-order valence-electron chi connectivity index (χ1n) is 9.09. The second-order valence-corrected chi connectivity index (χ2v) is 7.53. The summed E-state index contributed by atoms with van der Waals surface area (Å²) in [7, 11) is 0. The third-order valence-corrected chi connectivity index (χ3v) is 5.26. The quantitative estimate of drug-likeness (QED) is 0.634. The molecular formula is C21H22ClN3O. The normalized spacial score (nSPS) is 17.4. The molecule has 0 bridgehead atoms. The van der Waals surface area contributed by atoms with Crippen LogP contribution in [0, 0.1) is 0 Å². The van der Waals surface area contributed by atoms with Crippen molar-refractivity contribution in [2.24, 2.45) is 0 Å². The number of halogens is 1. The molecule has 1 saturated heterocycles. The van der Waals surface area contributed by atoms with Crippen LogP contribution in [0.4, 0.5) is 0 Å². The number of amides is 1. The van der Waals surface area contributed by atoms with Crippen LogP contribution < -0.4 is 0 Å². The van der Waals surface area contributed by atoms with Gasteiger partial charge < -0.3 is 9.47 Å². The van der Waals surface area contributed by atoms with E-state index in [2.05, 4.69) is 24.5 Å². The maximum absolute atomic E-state index is 13.1. The van der Waals surface area contributed by atoms with Gasteiger partial charge in [-0.25, -0.2) is 4.98 Å². The molecule has 1 aliphatic heterocycles. The van der Waals surface area contributed by atoms with E-state index in [0.29, 0.717) is 10.6 Å². The van der Waals surface area contributed by atoms with Crippen LogP contribution in [0.2, 0.25) is 5.02 Å². The largest absolute Gasteiger partial charge is 0.328 e. The lowest BCUT2D eigenvalue weighted by Crippen LogP contribution is -2.32. The van der Waals surface area contributed by atoms with E-state index in [0.717, 1.165) is 36.2 Å². The highest BCUT2D eigenvalue weighted by atomic mass is 35.5. The molecule has 1 amide bonds. The second-order valence-electron chi connectivity index (χ2n) is 7.09. The van der Waals surface area contributed by atoms with E-state index in [1.807, 2.05) is 35.2 Å². The molecule has 4 nitrogen and oxygen atoms in total. The molecule has 0 unspecified atom stereocenters. The first-order chi connectivity index (χ1) is 12.6. The van der Waals surface area contributed by atoms with Gasteiger partial charge in [-0.2, -0.15) is 0 Å². The van der Waals surface area contributed by atoms with Gasteiger partial charge in [0.2, 0.25) is 0 Å². The minimum absolute atomic E-state index is 0.00344. The Balaban J connectivity index is 1.76. The first-order valence-corrected chi connectivity index (χ1v) is 9.47. The number of aromatic nitrogens is 2. The third kappa shape index (κ3) is 2.88. The summed E-state index contributed by atoms with van der Waals surface area (Å²) < 4.78 is 2.27. The predicted octanol–water partition coefficient (Wildman–Crippen LogP) is 5.25. The minimum Gasteiger partial charge on any atom is -0.328 e. The van der Waals surface area contributed by atoms with Crippen LogP contribution in [0.5, 0.6) is 0 Å². The molecule has 1 fully saturated rings. The summed E-state index contributed by atoms with van der Waals surface area (Å²) >= 11 is 6.08. The van der Waals surface area contributed by atoms with Gasteiger partial charge in [-0.15, -0.1) is 0 Å². The van der Waals surface area contributed by atoms with Crippen LogP contribution in [-0.4, -0.2) is 26.9 Å². The van der Waals surface area contributed by atoms with E-state index < -0.39 is 0 Å². The monoisotopic (exact) mass is 367 g/mol. The van der Waals surface area contributed by atoms with Crippen molar-refractivity contribution in [1.29, 1.82) is 0 Å². The zero-order valence-corrected chi connectivity index (χ0v) is 15.8. The molecule has 0 saturated carbocycles. The summed E-state index contributed by atoms with van der Waals surface area (Å²) in [6.07, 6.45) is 1.92. The van der Waals surface area contributed by atoms with Crippen LogP contribution in [-0.2, 0) is 0 Å². The average molecular weight is 368 g/mol. The highest BCUT2D eigenvalue weighted by Gasteiger charge is 2.34. The Kier molecular flexibility index (Phi) is 4.45. The smallest absolute Gasteiger partial charge is 0.254 e. The number of rotatable bonds is 3. The van der Waals surface area contributed by atoms with Gasteiger partial charge in [-0.3, -0.25) is 4.79 Å². The van der Waals surface area contributed by atoms with Crippen LogP contribution in [0.15, 0.2) is 48.5 Å². The fourth-order valence-electron chi connectivity index (χ4n) is 3.91. The average Bonchev–Trinajstić information content (AvgIpc) is 3.25. The lowest BCUT2D eigenvalue weighted by atomic mass is 10.1. The van der Waals surface area contributed by atoms with Gasteiger partial charge in [-0.05, 0) is 57.0 Å². The molecule has 26 heavy (non-hydrogen) atoms. The van der Waals surface area contributed by atoms with E-state index >= 15 is 0 Å². The molecule has 1 aliphatic rings. The zero-order valence-electron chi connectivity index (χ0n) is 15.0. The summed E-state index contributed by atoms with van der Waals surface area (Å²) in [4.78, 5) is 20.0. The number of para-hydroxylation sites is 2. The number of likely N-dealkylation sites (tertiary alicyclic amines) is 1. The third-order valence-electron chi connectivity index (χ3n) is 5.02. The number of nitrogens with zero attached hydrogens (tertiary/aromatic N) is 3. The number of fused-ring (bicyclic) bond motifs is 1. The maximum atomic E-state index is 13.1. The molecule has 2 heterocycles. The van der Waals surface area contributed by atoms with Crippen molar-refractivity contribution >= 4 is 28.5 Å². The predicted molar refractivity (Wildman–Crippen MR) is 105 cm³/mol. The number of carbonyl (C=O) groups is 1. The molecule has 134 valence electrons. The van der Waals surface area contributed by atoms with Crippen molar-refractivity contribution < 1.29 is 4.79 Å². The number of benzene rings is 2. The molecule has 1 atom stereocenters. The second kappa shape index (κ2) is 6.76. The molecule has 1 aromatic heterocycles. The summed E-state index contributed by atoms with van der Waals surface area (Å²) in [6.45, 7) is 5.07. The Morgan fingerprint density at radius 2 is 2.00 bits per heavy atom. The van der Waals surface area contributed by atoms with E-state index in [9.17, 15) is 4.79 Å². The van der Waals surface area contributed by atoms with E-state index in [4.69, 9.17) is 16.6 Å². The molecule has 0 N–H and O–H groups in total. The van der Waals surface area contributed by atoms with E-state index in [-0.39, 0.29) is 18.0 Å². The number of carbonyl (C=O) groups excluding carboxylic acids is 1. The maximum Gasteiger partial charge on any atom is 0.254 e.